The number of hydrogen-bond acceptors (Lipinski definition) is 3. The fourth-order valence-electron chi connectivity index (χ4n) is 1.28. The van der Waals surface area contributed by atoms with E-state index in [0.29, 0.717) is 10.7 Å². The lowest BCUT2D eigenvalue weighted by molar-refractivity contribution is -0.214. The second-order valence-electron chi connectivity index (χ2n) is 4.08. The molecule has 0 bridgehead atoms. The number of nitrogen functional groups attached to an aromatic ring is 1. The molecule has 1 rings (SSSR count). The molecule has 0 aliphatic rings. The summed E-state index contributed by atoms with van der Waals surface area (Å²) in [5, 5.41) is 2.89. The van der Waals surface area contributed by atoms with Gasteiger partial charge in [-0.2, -0.15) is 13.2 Å². The van der Waals surface area contributed by atoms with E-state index in [1.165, 1.54) is 18.2 Å². The Labute approximate surface area is 119 Å². The molecule has 20 heavy (non-hydrogen) atoms. The standard InChI is InChI=1S/C12H14ClF3N2O2/c1-7(12(14,15)16)20-5-4-11(19)18-10-3-2-8(13)6-9(10)17/h2-3,6-7H,4-5,17H2,1H3,(H,18,19). The molecular formula is C12H14ClF3N2O2. The predicted molar refractivity (Wildman–Crippen MR) is 70.6 cm³/mol. The van der Waals surface area contributed by atoms with E-state index < -0.39 is 18.2 Å². The maximum Gasteiger partial charge on any atom is 0.414 e. The summed E-state index contributed by atoms with van der Waals surface area (Å²) in [5.74, 6) is -0.492. The van der Waals surface area contributed by atoms with Crippen LogP contribution < -0.4 is 11.1 Å². The third-order valence-electron chi connectivity index (χ3n) is 2.45. The normalized spacial score (nSPS) is 13.1. The molecule has 1 aromatic rings. The van der Waals surface area contributed by atoms with Crippen LogP contribution in [0, 0.1) is 0 Å². The van der Waals surface area contributed by atoms with Gasteiger partial charge in [0.1, 0.15) is 0 Å². The first-order chi connectivity index (χ1) is 9.20. The number of carbonyl (C=O) groups is 1. The van der Waals surface area contributed by atoms with Crippen LogP contribution in [0.4, 0.5) is 24.5 Å². The van der Waals surface area contributed by atoms with Crippen LogP contribution in [0.2, 0.25) is 5.02 Å². The molecule has 4 nitrogen and oxygen atoms in total. The summed E-state index contributed by atoms with van der Waals surface area (Å²) < 4.78 is 41.0. The van der Waals surface area contributed by atoms with Crippen LogP contribution in [0.3, 0.4) is 0 Å². The highest BCUT2D eigenvalue weighted by Crippen LogP contribution is 2.23. The lowest BCUT2D eigenvalue weighted by Crippen LogP contribution is -2.29. The lowest BCUT2D eigenvalue weighted by Gasteiger charge is -2.16. The average molecular weight is 311 g/mol. The number of nitrogens with one attached hydrogen (secondary N) is 1. The number of halogens is 4. The Bertz CT molecular complexity index is 480. The molecule has 0 aliphatic carbocycles. The molecule has 1 atom stereocenters. The van der Waals surface area contributed by atoms with Gasteiger partial charge < -0.3 is 15.8 Å². The number of rotatable bonds is 5. The molecule has 3 N–H and O–H groups in total. The van der Waals surface area contributed by atoms with Crippen LogP contribution >= 0.6 is 11.6 Å². The van der Waals surface area contributed by atoms with Crippen molar-refractivity contribution in [2.24, 2.45) is 0 Å². The first kappa shape index (κ1) is 16.6. The van der Waals surface area contributed by atoms with Crippen molar-refractivity contribution in [2.75, 3.05) is 17.7 Å². The minimum atomic E-state index is -4.43. The van der Waals surface area contributed by atoms with Gasteiger partial charge in [-0.3, -0.25) is 4.79 Å². The van der Waals surface area contributed by atoms with Gasteiger partial charge in [0.25, 0.3) is 0 Å². The maximum atomic E-state index is 12.2. The number of benzene rings is 1. The van der Waals surface area contributed by atoms with Crippen molar-refractivity contribution in [2.45, 2.75) is 25.6 Å². The Hall–Kier alpha value is -1.47. The summed E-state index contributed by atoms with van der Waals surface area (Å²) >= 11 is 5.70. The highest BCUT2D eigenvalue weighted by atomic mass is 35.5. The van der Waals surface area contributed by atoms with Crippen LogP contribution in [-0.4, -0.2) is 24.8 Å². The minimum absolute atomic E-state index is 0.206. The molecule has 0 saturated carbocycles. The van der Waals surface area contributed by atoms with E-state index in [9.17, 15) is 18.0 Å². The third-order valence-corrected chi connectivity index (χ3v) is 2.68. The smallest absolute Gasteiger partial charge is 0.397 e. The van der Waals surface area contributed by atoms with Crippen molar-refractivity contribution < 1.29 is 22.7 Å². The maximum absolute atomic E-state index is 12.2. The number of alkyl halides is 3. The zero-order valence-electron chi connectivity index (χ0n) is 10.6. The molecule has 1 aromatic carbocycles. The zero-order chi connectivity index (χ0) is 15.3. The molecule has 112 valence electrons. The van der Waals surface area contributed by atoms with Crippen molar-refractivity contribution >= 4 is 28.9 Å². The van der Waals surface area contributed by atoms with Crippen LogP contribution in [0.5, 0.6) is 0 Å². The molecule has 0 heterocycles. The van der Waals surface area contributed by atoms with Crippen LogP contribution in [0.15, 0.2) is 18.2 Å². The van der Waals surface area contributed by atoms with Crippen molar-refractivity contribution in [3.8, 4) is 0 Å². The summed E-state index contributed by atoms with van der Waals surface area (Å²) in [4.78, 5) is 11.5. The second-order valence-corrected chi connectivity index (χ2v) is 4.52. The van der Waals surface area contributed by atoms with Gasteiger partial charge in [-0.05, 0) is 25.1 Å². The van der Waals surface area contributed by atoms with E-state index in [2.05, 4.69) is 10.1 Å². The molecule has 1 amide bonds. The van der Waals surface area contributed by atoms with Gasteiger partial charge in [-0.15, -0.1) is 0 Å². The van der Waals surface area contributed by atoms with E-state index in [-0.39, 0.29) is 18.7 Å². The van der Waals surface area contributed by atoms with Gasteiger partial charge in [-0.1, -0.05) is 11.6 Å². The number of anilines is 2. The Kier molecular flexibility index (Phi) is 5.64. The summed E-state index contributed by atoms with van der Waals surface area (Å²) in [7, 11) is 0. The first-order valence-corrected chi connectivity index (χ1v) is 6.11. The van der Waals surface area contributed by atoms with E-state index in [4.69, 9.17) is 17.3 Å². The van der Waals surface area contributed by atoms with Crippen molar-refractivity contribution in [3.05, 3.63) is 23.2 Å². The number of hydrogen-bond donors (Lipinski definition) is 2. The van der Waals surface area contributed by atoms with Gasteiger partial charge >= 0.3 is 6.18 Å². The third kappa shape index (κ3) is 5.26. The van der Waals surface area contributed by atoms with Gasteiger partial charge in [0.15, 0.2) is 6.10 Å². The van der Waals surface area contributed by atoms with Gasteiger partial charge in [0.2, 0.25) is 5.91 Å². The topological polar surface area (TPSA) is 64.3 Å². The highest BCUT2D eigenvalue weighted by Gasteiger charge is 2.36. The SMILES string of the molecule is CC(OCCC(=O)Nc1ccc(Cl)cc1N)C(F)(F)F. The van der Waals surface area contributed by atoms with E-state index >= 15 is 0 Å². The lowest BCUT2D eigenvalue weighted by atomic mass is 10.2. The predicted octanol–water partition coefficient (Wildman–Crippen LogP) is 3.22. The summed E-state index contributed by atoms with van der Waals surface area (Å²) in [5.41, 5.74) is 6.25. The molecule has 0 aliphatic heterocycles. The monoisotopic (exact) mass is 310 g/mol. The Morgan fingerprint density at radius 2 is 2.15 bits per heavy atom. The quantitative estimate of drug-likeness (QED) is 0.821. The van der Waals surface area contributed by atoms with Crippen LogP contribution in [-0.2, 0) is 9.53 Å². The average Bonchev–Trinajstić information content (AvgIpc) is 2.31. The van der Waals surface area contributed by atoms with E-state index in [1.807, 2.05) is 0 Å². The van der Waals surface area contributed by atoms with Crippen LogP contribution in [0.1, 0.15) is 13.3 Å². The van der Waals surface area contributed by atoms with Gasteiger partial charge in [-0.25, -0.2) is 0 Å². The molecule has 0 spiro atoms. The number of ether oxygens (including phenoxy) is 1. The number of carbonyl (C=O) groups excluding carboxylic acids is 1. The molecular weight excluding hydrogens is 297 g/mol. The number of amides is 1. The van der Waals surface area contributed by atoms with E-state index in [1.54, 1.807) is 0 Å². The van der Waals surface area contributed by atoms with E-state index in [0.717, 1.165) is 6.92 Å². The summed E-state index contributed by atoms with van der Waals surface area (Å²) in [6.07, 6.45) is -6.55. The van der Waals surface area contributed by atoms with Crippen molar-refractivity contribution in [3.63, 3.8) is 0 Å². The minimum Gasteiger partial charge on any atom is -0.397 e. The molecule has 0 saturated heterocycles. The zero-order valence-corrected chi connectivity index (χ0v) is 11.4. The Balaban J connectivity index is 2.41. The fraction of sp³-hybridized carbons (Fsp3) is 0.417. The number of nitrogens with two attached hydrogens (primary N) is 1. The Morgan fingerprint density at radius 3 is 2.70 bits per heavy atom. The molecule has 0 aromatic heterocycles. The Morgan fingerprint density at radius 1 is 1.50 bits per heavy atom. The van der Waals surface area contributed by atoms with Crippen molar-refractivity contribution in [1.29, 1.82) is 0 Å². The van der Waals surface area contributed by atoms with Crippen molar-refractivity contribution in [1.82, 2.24) is 0 Å². The van der Waals surface area contributed by atoms with Crippen LogP contribution in [0.25, 0.3) is 0 Å². The fourth-order valence-corrected chi connectivity index (χ4v) is 1.46. The summed E-state index contributed by atoms with van der Waals surface area (Å²) in [6.45, 7) is 0.551. The second kappa shape index (κ2) is 6.81. The highest BCUT2D eigenvalue weighted by molar-refractivity contribution is 6.31. The molecule has 8 heteroatoms. The van der Waals surface area contributed by atoms with Gasteiger partial charge in [0, 0.05) is 5.02 Å². The molecule has 0 radical (unpaired) electrons. The molecule has 1 unspecified atom stereocenters. The first-order valence-electron chi connectivity index (χ1n) is 5.73. The summed E-state index contributed by atoms with van der Waals surface area (Å²) in [6, 6.07) is 4.50. The molecule has 0 fully saturated rings. The largest absolute Gasteiger partial charge is 0.414 e. The van der Waals surface area contributed by atoms with Gasteiger partial charge in [0.05, 0.1) is 24.4 Å².